The summed E-state index contributed by atoms with van der Waals surface area (Å²) in [5, 5.41) is 0. The number of rotatable bonds is 5. The van der Waals surface area contributed by atoms with Crippen LogP contribution in [0.5, 0.6) is 0 Å². The standard InChI is InChI=1S/C16H21N3O2/c1-12(2)19-11-17-9-13(19)10-18(3)15-8-6-5-7-14(15)16(20)21-4/h5-9,11-12H,10H2,1-4H3. The number of methoxy groups -OCH3 is 1. The van der Waals surface area contributed by atoms with E-state index in [1.165, 1.54) is 7.11 Å². The van der Waals surface area contributed by atoms with Gasteiger partial charge in [-0.1, -0.05) is 12.1 Å². The summed E-state index contributed by atoms with van der Waals surface area (Å²) < 4.78 is 6.96. The molecule has 112 valence electrons. The van der Waals surface area contributed by atoms with Crippen LogP contribution in [0.1, 0.15) is 35.9 Å². The maximum Gasteiger partial charge on any atom is 0.339 e. The summed E-state index contributed by atoms with van der Waals surface area (Å²) in [4.78, 5) is 18.1. The summed E-state index contributed by atoms with van der Waals surface area (Å²) in [6.07, 6.45) is 3.69. The van der Waals surface area contributed by atoms with Gasteiger partial charge in [0.1, 0.15) is 0 Å². The number of carbonyl (C=O) groups is 1. The topological polar surface area (TPSA) is 47.4 Å². The van der Waals surface area contributed by atoms with E-state index in [-0.39, 0.29) is 5.97 Å². The molecule has 2 rings (SSSR count). The first kappa shape index (κ1) is 15.1. The van der Waals surface area contributed by atoms with Gasteiger partial charge < -0.3 is 14.2 Å². The highest BCUT2D eigenvalue weighted by Gasteiger charge is 2.16. The number of para-hydroxylation sites is 1. The molecular formula is C16H21N3O2. The molecule has 0 atom stereocenters. The van der Waals surface area contributed by atoms with Crippen molar-refractivity contribution in [2.24, 2.45) is 0 Å². The van der Waals surface area contributed by atoms with Gasteiger partial charge in [-0.2, -0.15) is 0 Å². The van der Waals surface area contributed by atoms with E-state index < -0.39 is 0 Å². The van der Waals surface area contributed by atoms with Crippen molar-refractivity contribution in [3.63, 3.8) is 0 Å². The molecular weight excluding hydrogens is 266 g/mol. The zero-order valence-corrected chi connectivity index (χ0v) is 12.9. The summed E-state index contributed by atoms with van der Waals surface area (Å²) in [5.41, 5.74) is 2.52. The number of nitrogens with zero attached hydrogens (tertiary/aromatic N) is 3. The van der Waals surface area contributed by atoms with E-state index >= 15 is 0 Å². The van der Waals surface area contributed by atoms with Crippen LogP contribution < -0.4 is 4.90 Å². The fourth-order valence-corrected chi connectivity index (χ4v) is 2.34. The average molecular weight is 287 g/mol. The molecule has 0 spiro atoms. The molecule has 2 aromatic rings. The van der Waals surface area contributed by atoms with Crippen LogP contribution in [0.3, 0.4) is 0 Å². The van der Waals surface area contributed by atoms with Crippen LogP contribution in [-0.4, -0.2) is 29.7 Å². The van der Waals surface area contributed by atoms with Crippen LogP contribution >= 0.6 is 0 Å². The third-order valence-corrected chi connectivity index (χ3v) is 3.42. The van der Waals surface area contributed by atoms with Gasteiger partial charge in [0.15, 0.2) is 0 Å². The highest BCUT2D eigenvalue weighted by Crippen LogP contribution is 2.22. The Bertz CT molecular complexity index is 619. The van der Waals surface area contributed by atoms with Gasteiger partial charge in [0.05, 0.1) is 36.9 Å². The lowest BCUT2D eigenvalue weighted by molar-refractivity contribution is 0.0601. The first-order valence-electron chi connectivity index (χ1n) is 6.93. The first-order valence-corrected chi connectivity index (χ1v) is 6.93. The molecule has 5 nitrogen and oxygen atoms in total. The predicted molar refractivity (Wildman–Crippen MR) is 82.5 cm³/mol. The minimum atomic E-state index is -0.324. The summed E-state index contributed by atoms with van der Waals surface area (Å²) in [7, 11) is 3.35. The third-order valence-electron chi connectivity index (χ3n) is 3.42. The van der Waals surface area contributed by atoms with Gasteiger partial charge in [0.25, 0.3) is 0 Å². The quantitative estimate of drug-likeness (QED) is 0.793. The Hall–Kier alpha value is -2.30. The fraction of sp³-hybridized carbons (Fsp3) is 0.375. The Kier molecular flexibility index (Phi) is 4.62. The second-order valence-corrected chi connectivity index (χ2v) is 5.25. The number of hydrogen-bond acceptors (Lipinski definition) is 4. The lowest BCUT2D eigenvalue weighted by Gasteiger charge is -2.23. The van der Waals surface area contributed by atoms with Crippen molar-refractivity contribution < 1.29 is 9.53 Å². The summed E-state index contributed by atoms with van der Waals surface area (Å²) in [6.45, 7) is 4.91. The SMILES string of the molecule is COC(=O)c1ccccc1N(C)Cc1cncn1C(C)C. The normalized spacial score (nSPS) is 10.7. The lowest BCUT2D eigenvalue weighted by atomic mass is 10.1. The average Bonchev–Trinajstić information content (AvgIpc) is 2.94. The molecule has 1 heterocycles. The Morgan fingerprint density at radius 2 is 2.10 bits per heavy atom. The van der Waals surface area contributed by atoms with Gasteiger partial charge in [-0.15, -0.1) is 0 Å². The highest BCUT2D eigenvalue weighted by molar-refractivity contribution is 5.95. The van der Waals surface area contributed by atoms with Gasteiger partial charge in [0, 0.05) is 19.3 Å². The summed E-state index contributed by atoms with van der Waals surface area (Å²) >= 11 is 0. The van der Waals surface area contributed by atoms with E-state index in [1.807, 2.05) is 42.7 Å². The van der Waals surface area contributed by atoms with Gasteiger partial charge in [-0.3, -0.25) is 0 Å². The molecule has 1 aromatic heterocycles. The molecule has 0 amide bonds. The minimum Gasteiger partial charge on any atom is -0.465 e. The number of ether oxygens (including phenoxy) is 1. The lowest BCUT2D eigenvalue weighted by Crippen LogP contribution is -2.22. The second kappa shape index (κ2) is 6.43. The Morgan fingerprint density at radius 1 is 1.38 bits per heavy atom. The molecule has 0 fully saturated rings. The van der Waals surface area contributed by atoms with Crippen LogP contribution in [-0.2, 0) is 11.3 Å². The van der Waals surface area contributed by atoms with Crippen molar-refractivity contribution in [2.45, 2.75) is 26.4 Å². The zero-order valence-electron chi connectivity index (χ0n) is 12.9. The second-order valence-electron chi connectivity index (χ2n) is 5.25. The molecule has 5 heteroatoms. The van der Waals surface area contributed by atoms with Crippen LogP contribution in [0.25, 0.3) is 0 Å². The van der Waals surface area contributed by atoms with Gasteiger partial charge >= 0.3 is 5.97 Å². The molecule has 21 heavy (non-hydrogen) atoms. The largest absolute Gasteiger partial charge is 0.465 e. The van der Waals surface area contributed by atoms with Crippen molar-refractivity contribution in [3.8, 4) is 0 Å². The molecule has 0 radical (unpaired) electrons. The highest BCUT2D eigenvalue weighted by atomic mass is 16.5. The molecule has 0 aliphatic carbocycles. The monoisotopic (exact) mass is 287 g/mol. The molecule has 0 saturated heterocycles. The van der Waals surface area contributed by atoms with Crippen molar-refractivity contribution >= 4 is 11.7 Å². The van der Waals surface area contributed by atoms with Crippen LogP contribution in [0.15, 0.2) is 36.8 Å². The van der Waals surface area contributed by atoms with E-state index in [2.05, 4.69) is 23.4 Å². The molecule has 1 aromatic carbocycles. The Balaban J connectivity index is 2.26. The van der Waals surface area contributed by atoms with Crippen molar-refractivity contribution in [3.05, 3.63) is 48.0 Å². The van der Waals surface area contributed by atoms with Crippen molar-refractivity contribution in [1.29, 1.82) is 0 Å². The summed E-state index contributed by atoms with van der Waals surface area (Å²) in [6, 6.07) is 7.80. The van der Waals surface area contributed by atoms with Crippen LogP contribution in [0.4, 0.5) is 5.69 Å². The molecule has 0 saturated carbocycles. The first-order chi connectivity index (χ1) is 10.0. The van der Waals surface area contributed by atoms with Crippen LogP contribution in [0.2, 0.25) is 0 Å². The molecule has 0 aliphatic rings. The van der Waals surface area contributed by atoms with Gasteiger partial charge in [-0.25, -0.2) is 9.78 Å². The predicted octanol–water partition coefficient (Wildman–Crippen LogP) is 2.89. The number of anilines is 1. The maximum absolute atomic E-state index is 11.8. The molecule has 0 aliphatic heterocycles. The fourth-order valence-electron chi connectivity index (χ4n) is 2.34. The van der Waals surface area contributed by atoms with Crippen molar-refractivity contribution in [2.75, 3.05) is 19.1 Å². The molecule has 0 unspecified atom stereocenters. The number of benzene rings is 1. The Morgan fingerprint density at radius 3 is 2.76 bits per heavy atom. The third kappa shape index (κ3) is 3.24. The summed E-state index contributed by atoms with van der Waals surface area (Å²) in [5.74, 6) is -0.324. The zero-order chi connectivity index (χ0) is 15.4. The number of esters is 1. The smallest absolute Gasteiger partial charge is 0.339 e. The van der Waals surface area contributed by atoms with E-state index in [1.54, 1.807) is 6.07 Å². The van der Waals surface area contributed by atoms with Gasteiger partial charge in [-0.05, 0) is 26.0 Å². The minimum absolute atomic E-state index is 0.324. The van der Waals surface area contributed by atoms with E-state index in [9.17, 15) is 4.79 Å². The Labute approximate surface area is 125 Å². The number of imidazole rings is 1. The number of aromatic nitrogens is 2. The van der Waals surface area contributed by atoms with Crippen LogP contribution in [0, 0.1) is 0 Å². The van der Waals surface area contributed by atoms with Crippen molar-refractivity contribution in [1.82, 2.24) is 9.55 Å². The molecule has 0 bridgehead atoms. The van der Waals surface area contributed by atoms with E-state index in [4.69, 9.17) is 4.74 Å². The van der Waals surface area contributed by atoms with Gasteiger partial charge in [0.2, 0.25) is 0 Å². The maximum atomic E-state index is 11.8. The molecule has 0 N–H and O–H groups in total. The number of carbonyl (C=O) groups excluding carboxylic acids is 1. The van der Waals surface area contributed by atoms with E-state index in [0.717, 1.165) is 11.4 Å². The number of hydrogen-bond donors (Lipinski definition) is 0. The van der Waals surface area contributed by atoms with E-state index in [0.29, 0.717) is 18.2 Å².